The zero-order chi connectivity index (χ0) is 22.1. The molecule has 162 valence electrons. The highest BCUT2D eigenvalue weighted by Crippen LogP contribution is 2.37. The average Bonchev–Trinajstić information content (AvgIpc) is 3.26. The van der Waals surface area contributed by atoms with Crippen LogP contribution in [0.3, 0.4) is 0 Å². The molecule has 31 heavy (non-hydrogen) atoms. The first-order valence-electron chi connectivity index (χ1n) is 9.88. The zero-order valence-electron chi connectivity index (χ0n) is 17.3. The number of aromatic nitrogens is 3. The Balaban J connectivity index is 1.61. The van der Waals surface area contributed by atoms with Gasteiger partial charge >= 0.3 is 0 Å². The van der Waals surface area contributed by atoms with E-state index in [0.29, 0.717) is 47.0 Å². The summed E-state index contributed by atoms with van der Waals surface area (Å²) in [6.07, 6.45) is 7.18. The second kappa shape index (κ2) is 11.1. The number of pyridine rings is 1. The highest BCUT2D eigenvalue weighted by atomic mass is 35.5. The van der Waals surface area contributed by atoms with Gasteiger partial charge in [-0.2, -0.15) is 4.98 Å². The number of hydrogen-bond donors (Lipinski definition) is 1. The summed E-state index contributed by atoms with van der Waals surface area (Å²) < 4.78 is 16.5. The van der Waals surface area contributed by atoms with E-state index in [2.05, 4.69) is 20.4 Å². The van der Waals surface area contributed by atoms with E-state index in [1.807, 2.05) is 13.8 Å². The monoisotopic (exact) mass is 442 g/mol. The summed E-state index contributed by atoms with van der Waals surface area (Å²) in [5.41, 5.74) is 1.50. The van der Waals surface area contributed by atoms with Crippen molar-refractivity contribution in [2.45, 2.75) is 26.8 Å². The summed E-state index contributed by atoms with van der Waals surface area (Å²) in [6, 6.07) is 7.05. The third kappa shape index (κ3) is 6.29. The molecule has 0 aliphatic carbocycles. The van der Waals surface area contributed by atoms with Crippen molar-refractivity contribution < 1.29 is 18.8 Å². The third-order valence-corrected chi connectivity index (χ3v) is 4.31. The second-order valence-electron chi connectivity index (χ2n) is 6.41. The van der Waals surface area contributed by atoms with Crippen LogP contribution in [0.4, 0.5) is 0 Å². The summed E-state index contributed by atoms with van der Waals surface area (Å²) in [6.45, 7) is 5.01. The predicted octanol–water partition coefficient (Wildman–Crippen LogP) is 4.30. The number of benzene rings is 1. The van der Waals surface area contributed by atoms with Crippen LogP contribution >= 0.6 is 11.6 Å². The van der Waals surface area contributed by atoms with E-state index in [4.69, 9.17) is 25.6 Å². The van der Waals surface area contributed by atoms with Crippen LogP contribution in [-0.2, 0) is 11.3 Å². The highest BCUT2D eigenvalue weighted by molar-refractivity contribution is 6.32. The van der Waals surface area contributed by atoms with Crippen LogP contribution in [0.1, 0.15) is 31.7 Å². The van der Waals surface area contributed by atoms with Gasteiger partial charge in [0.2, 0.25) is 17.6 Å². The van der Waals surface area contributed by atoms with Crippen molar-refractivity contribution in [1.29, 1.82) is 0 Å². The van der Waals surface area contributed by atoms with Gasteiger partial charge in [0.25, 0.3) is 0 Å². The Morgan fingerprint density at radius 3 is 2.77 bits per heavy atom. The SMILES string of the molecule is CCCOc1c(Cl)cc(/C=C/C(=O)NCc2nc(-c3ccncc3)no2)cc1OCC. The molecule has 0 unspecified atom stereocenters. The fraction of sp³-hybridized carbons (Fsp3) is 0.273. The molecule has 1 amide bonds. The maximum absolute atomic E-state index is 12.2. The lowest BCUT2D eigenvalue weighted by Gasteiger charge is -2.14. The summed E-state index contributed by atoms with van der Waals surface area (Å²) >= 11 is 6.34. The van der Waals surface area contributed by atoms with Crippen molar-refractivity contribution in [3.63, 3.8) is 0 Å². The Kier molecular flexibility index (Phi) is 8.00. The Bertz CT molecular complexity index is 1040. The molecular weight excluding hydrogens is 420 g/mol. The van der Waals surface area contributed by atoms with Crippen molar-refractivity contribution in [1.82, 2.24) is 20.4 Å². The first-order valence-corrected chi connectivity index (χ1v) is 10.3. The number of nitrogens with one attached hydrogen (secondary N) is 1. The molecule has 1 N–H and O–H groups in total. The fourth-order valence-corrected chi connectivity index (χ4v) is 2.90. The van der Waals surface area contributed by atoms with Crippen molar-refractivity contribution in [3.05, 3.63) is 59.2 Å². The summed E-state index contributed by atoms with van der Waals surface area (Å²) in [7, 11) is 0. The topological polar surface area (TPSA) is 99.4 Å². The number of ether oxygens (including phenoxy) is 2. The summed E-state index contributed by atoms with van der Waals surface area (Å²) in [5.74, 6) is 1.47. The van der Waals surface area contributed by atoms with Gasteiger partial charge in [0.1, 0.15) is 0 Å². The van der Waals surface area contributed by atoms with E-state index in [0.717, 1.165) is 12.0 Å². The van der Waals surface area contributed by atoms with Crippen LogP contribution in [0.25, 0.3) is 17.5 Å². The predicted molar refractivity (Wildman–Crippen MR) is 117 cm³/mol. The first-order chi connectivity index (χ1) is 15.1. The highest BCUT2D eigenvalue weighted by Gasteiger charge is 2.12. The van der Waals surface area contributed by atoms with Crippen LogP contribution in [0.15, 0.2) is 47.3 Å². The van der Waals surface area contributed by atoms with Crippen LogP contribution < -0.4 is 14.8 Å². The molecule has 0 saturated heterocycles. The summed E-state index contributed by atoms with van der Waals surface area (Å²) in [4.78, 5) is 20.4. The minimum absolute atomic E-state index is 0.107. The van der Waals surface area contributed by atoms with Gasteiger partial charge in [0.15, 0.2) is 11.5 Å². The van der Waals surface area contributed by atoms with E-state index < -0.39 is 0 Å². The molecule has 0 atom stereocenters. The molecule has 0 spiro atoms. The number of carbonyl (C=O) groups is 1. The number of carbonyl (C=O) groups excluding carboxylic acids is 1. The minimum atomic E-state index is -0.316. The number of halogens is 1. The normalized spacial score (nSPS) is 10.9. The van der Waals surface area contributed by atoms with Gasteiger partial charge in [-0.1, -0.05) is 23.7 Å². The molecule has 2 aromatic heterocycles. The van der Waals surface area contributed by atoms with Gasteiger partial charge in [-0.15, -0.1) is 0 Å². The summed E-state index contributed by atoms with van der Waals surface area (Å²) in [5, 5.41) is 7.03. The maximum atomic E-state index is 12.2. The number of hydrogen-bond acceptors (Lipinski definition) is 7. The van der Waals surface area contributed by atoms with Crippen LogP contribution in [-0.4, -0.2) is 34.2 Å². The number of amides is 1. The fourth-order valence-electron chi connectivity index (χ4n) is 2.63. The molecule has 0 aliphatic heterocycles. The molecule has 1 aromatic carbocycles. The molecule has 3 rings (SSSR count). The molecular formula is C22H23ClN4O4. The van der Waals surface area contributed by atoms with E-state index in [-0.39, 0.29) is 12.5 Å². The van der Waals surface area contributed by atoms with Crippen molar-refractivity contribution >= 4 is 23.6 Å². The van der Waals surface area contributed by atoms with Gasteiger partial charge in [-0.3, -0.25) is 9.78 Å². The molecule has 0 bridgehead atoms. The quantitative estimate of drug-likeness (QED) is 0.467. The molecule has 0 radical (unpaired) electrons. The lowest BCUT2D eigenvalue weighted by Crippen LogP contribution is -2.20. The van der Waals surface area contributed by atoms with Crippen molar-refractivity contribution in [2.75, 3.05) is 13.2 Å². The molecule has 2 heterocycles. The molecule has 9 heteroatoms. The molecule has 0 fully saturated rings. The lowest BCUT2D eigenvalue weighted by atomic mass is 10.2. The Hall–Kier alpha value is -3.39. The largest absolute Gasteiger partial charge is 0.490 e. The van der Waals surface area contributed by atoms with Crippen LogP contribution in [0, 0.1) is 0 Å². The smallest absolute Gasteiger partial charge is 0.246 e. The molecule has 3 aromatic rings. The van der Waals surface area contributed by atoms with Gasteiger partial charge in [0.05, 0.1) is 24.8 Å². The minimum Gasteiger partial charge on any atom is -0.490 e. The maximum Gasteiger partial charge on any atom is 0.246 e. The van der Waals surface area contributed by atoms with Crippen LogP contribution in [0.2, 0.25) is 5.02 Å². The van der Waals surface area contributed by atoms with Gasteiger partial charge < -0.3 is 19.3 Å². The number of rotatable bonds is 10. The molecule has 0 saturated carbocycles. The van der Waals surface area contributed by atoms with E-state index in [9.17, 15) is 4.79 Å². The Morgan fingerprint density at radius 1 is 1.23 bits per heavy atom. The Morgan fingerprint density at radius 2 is 2.03 bits per heavy atom. The van der Waals surface area contributed by atoms with Gasteiger partial charge in [-0.25, -0.2) is 0 Å². The van der Waals surface area contributed by atoms with Crippen molar-refractivity contribution in [2.24, 2.45) is 0 Å². The molecule has 8 nitrogen and oxygen atoms in total. The van der Waals surface area contributed by atoms with Crippen molar-refractivity contribution in [3.8, 4) is 22.9 Å². The van der Waals surface area contributed by atoms with E-state index in [1.165, 1.54) is 6.08 Å². The van der Waals surface area contributed by atoms with E-state index >= 15 is 0 Å². The van der Waals surface area contributed by atoms with Gasteiger partial charge in [-0.05, 0) is 49.2 Å². The zero-order valence-corrected chi connectivity index (χ0v) is 18.1. The third-order valence-electron chi connectivity index (χ3n) is 4.03. The lowest BCUT2D eigenvalue weighted by molar-refractivity contribution is -0.116. The molecule has 0 aliphatic rings. The standard InChI is InChI=1S/C22H23ClN4O4/c1-3-11-30-21-17(23)12-15(13-18(21)29-4-2)5-6-19(28)25-14-20-26-22(27-31-20)16-7-9-24-10-8-16/h5-10,12-13H,3-4,11,14H2,1-2H3,(H,25,28)/b6-5+. The average molecular weight is 443 g/mol. The first kappa shape index (κ1) is 22.3. The number of nitrogens with zero attached hydrogens (tertiary/aromatic N) is 3. The second-order valence-corrected chi connectivity index (χ2v) is 6.82. The van der Waals surface area contributed by atoms with Gasteiger partial charge in [0, 0.05) is 24.0 Å². The van der Waals surface area contributed by atoms with E-state index in [1.54, 1.807) is 42.7 Å². The Labute approximate surface area is 185 Å². The van der Waals surface area contributed by atoms with Crippen LogP contribution in [0.5, 0.6) is 11.5 Å².